The highest BCUT2D eigenvalue weighted by atomic mass is 16.6. The van der Waals surface area contributed by atoms with Gasteiger partial charge in [-0.15, -0.1) is 0 Å². The van der Waals surface area contributed by atoms with Crippen molar-refractivity contribution in [1.29, 1.82) is 0 Å². The van der Waals surface area contributed by atoms with Crippen molar-refractivity contribution in [3.05, 3.63) is 0 Å². The van der Waals surface area contributed by atoms with Gasteiger partial charge in [-0.05, 0) is 76.2 Å². The highest BCUT2D eigenvalue weighted by Crippen LogP contribution is 1.98. The standard InChI is InChI=1S/5C6H14.11C4H8O2/c5*1-3-5-6-4-2;11*1-3-6-4(2)5/h5*3-6H2,1-2H3;11*3H2,1-2H3. The van der Waals surface area contributed by atoms with Crippen LogP contribution in [0.3, 0.4) is 0 Å². The van der Waals surface area contributed by atoms with E-state index in [9.17, 15) is 52.7 Å². The van der Waals surface area contributed by atoms with Crippen LogP contribution in [0.1, 0.15) is 350 Å². The summed E-state index contributed by atoms with van der Waals surface area (Å²) in [6, 6.07) is 0. The molecule has 0 fully saturated rings. The van der Waals surface area contributed by atoms with Gasteiger partial charge in [0, 0.05) is 76.2 Å². The lowest BCUT2D eigenvalue weighted by Gasteiger charge is -1.89. The smallest absolute Gasteiger partial charge is 0.302 e. The third-order valence-corrected chi connectivity index (χ3v) is 8.61. The number of carbonyl (C=O) groups is 11. The second-order valence-corrected chi connectivity index (χ2v) is 18.7. The topological polar surface area (TPSA) is 289 Å². The summed E-state index contributed by atoms with van der Waals surface area (Å²) in [6.07, 6.45) is 27.7. The van der Waals surface area contributed by atoms with Crippen molar-refractivity contribution >= 4 is 65.7 Å². The molecule has 0 spiro atoms. The Bertz CT molecular complexity index is 1120. The van der Waals surface area contributed by atoms with Crippen LogP contribution >= 0.6 is 0 Å². The van der Waals surface area contributed by atoms with Crippen molar-refractivity contribution in [2.45, 2.75) is 350 Å². The summed E-state index contributed by atoms with van der Waals surface area (Å²) in [5.74, 6) is -2.32. The number of hydrogen-bond donors (Lipinski definition) is 0. The Labute approximate surface area is 590 Å². The SMILES string of the molecule is CCCCCC.CCCCCC.CCCCCC.CCCCCC.CCCCCC.CCOC(C)=O.CCOC(C)=O.CCOC(C)=O.CCOC(C)=O.CCOC(C)=O.CCOC(C)=O.CCOC(C)=O.CCOC(C)=O.CCOC(C)=O.CCOC(C)=O.CCOC(C)=O. The van der Waals surface area contributed by atoms with Crippen LogP contribution in [-0.2, 0) is 105 Å². The molecule has 0 unspecified atom stereocenters. The molecule has 0 aromatic rings. The molecule has 0 rings (SSSR count). The third kappa shape index (κ3) is 377. The number of carbonyl (C=O) groups excluding carboxylic acids is 11. The lowest BCUT2D eigenvalue weighted by molar-refractivity contribution is -0.141. The summed E-state index contributed by atoms with van der Waals surface area (Å²) in [4.78, 5) is 108. The van der Waals surface area contributed by atoms with Crippen molar-refractivity contribution in [1.82, 2.24) is 0 Å². The van der Waals surface area contributed by atoms with E-state index in [2.05, 4.69) is 121 Å². The van der Waals surface area contributed by atoms with Crippen molar-refractivity contribution in [3.8, 4) is 0 Å². The number of ether oxygens (including phenoxy) is 11. The molecule has 0 heterocycles. The van der Waals surface area contributed by atoms with Crippen LogP contribution in [0, 0.1) is 0 Å². The molecule has 0 radical (unpaired) electrons. The van der Waals surface area contributed by atoms with Gasteiger partial charge < -0.3 is 52.1 Å². The van der Waals surface area contributed by atoms with E-state index in [-0.39, 0.29) is 65.7 Å². The largest absolute Gasteiger partial charge is 0.466 e. The summed E-state index contributed by atoms with van der Waals surface area (Å²) >= 11 is 0. The van der Waals surface area contributed by atoms with Gasteiger partial charge in [-0.3, -0.25) is 52.7 Å². The van der Waals surface area contributed by atoms with Gasteiger partial charge in [-0.25, -0.2) is 0 Å². The van der Waals surface area contributed by atoms with Crippen LogP contribution in [0.4, 0.5) is 0 Å². The molecule has 0 amide bonds. The Balaban J connectivity index is -0.0000000508. The van der Waals surface area contributed by atoms with E-state index in [1.165, 1.54) is 205 Å². The van der Waals surface area contributed by atoms with Crippen LogP contribution in [0.5, 0.6) is 0 Å². The average Bonchev–Trinajstić information content (AvgIpc) is 3.48. The molecule has 0 aromatic heterocycles. The first kappa shape index (κ1) is 130. The molecule has 0 atom stereocenters. The van der Waals surface area contributed by atoms with Gasteiger partial charge in [0.25, 0.3) is 0 Å². The Morgan fingerprint density at radius 2 is 0.188 bits per heavy atom. The maximum absolute atomic E-state index is 9.82. The Morgan fingerprint density at radius 3 is 0.198 bits per heavy atom. The van der Waals surface area contributed by atoms with Crippen molar-refractivity contribution in [3.63, 3.8) is 0 Å². The number of unbranched alkanes of at least 4 members (excludes halogenated alkanes) is 15. The zero-order chi connectivity index (χ0) is 79.0. The maximum atomic E-state index is 9.82. The van der Waals surface area contributed by atoms with Gasteiger partial charge >= 0.3 is 65.7 Å². The van der Waals surface area contributed by atoms with Gasteiger partial charge in [0.15, 0.2) is 0 Å². The second kappa shape index (κ2) is 145. The molecule has 96 heavy (non-hydrogen) atoms. The summed E-state index contributed by atoms with van der Waals surface area (Å²) < 4.78 is 48.4. The predicted octanol–water partition coefficient (Wildman–Crippen LogP) is 19.2. The summed E-state index contributed by atoms with van der Waals surface area (Å²) in [6.45, 7) is 62.5. The Kier molecular flexibility index (Phi) is 197. The molecule has 0 saturated heterocycles. The number of hydrogen-bond acceptors (Lipinski definition) is 22. The third-order valence-electron chi connectivity index (χ3n) is 8.61. The first-order chi connectivity index (χ1) is 45.0. The van der Waals surface area contributed by atoms with E-state index < -0.39 is 0 Å². The Morgan fingerprint density at radius 1 is 0.135 bits per heavy atom. The predicted molar refractivity (Wildman–Crippen MR) is 394 cm³/mol. The highest BCUT2D eigenvalue weighted by Gasteiger charge is 1.88. The molecular formula is C74H158O22. The van der Waals surface area contributed by atoms with E-state index >= 15 is 0 Å². The molecule has 0 aliphatic rings. The quantitative estimate of drug-likeness (QED) is 0.0441. The summed E-state index contributed by atoms with van der Waals surface area (Å²) in [5.41, 5.74) is 0. The van der Waals surface area contributed by atoms with Gasteiger partial charge in [0.2, 0.25) is 0 Å². The van der Waals surface area contributed by atoms with Gasteiger partial charge in [0.1, 0.15) is 0 Å². The molecule has 22 heteroatoms. The normalized spacial score (nSPS) is 8.08. The lowest BCUT2D eigenvalue weighted by Crippen LogP contribution is -1.95. The van der Waals surface area contributed by atoms with E-state index in [0.29, 0.717) is 72.7 Å². The van der Waals surface area contributed by atoms with Gasteiger partial charge in [-0.1, -0.05) is 198 Å². The molecule has 0 aliphatic heterocycles. The molecule has 0 aliphatic carbocycles. The maximum Gasteiger partial charge on any atom is 0.302 e. The van der Waals surface area contributed by atoms with Crippen molar-refractivity contribution in [2.75, 3.05) is 72.7 Å². The van der Waals surface area contributed by atoms with Crippen LogP contribution < -0.4 is 0 Å². The van der Waals surface area contributed by atoms with Gasteiger partial charge in [0.05, 0.1) is 72.7 Å². The van der Waals surface area contributed by atoms with Gasteiger partial charge in [-0.2, -0.15) is 0 Å². The fourth-order valence-corrected chi connectivity index (χ4v) is 4.74. The minimum atomic E-state index is -0.211. The minimum absolute atomic E-state index is 0.211. The van der Waals surface area contributed by atoms with E-state index in [0.717, 1.165) is 0 Å². The molecule has 0 aromatic carbocycles. The van der Waals surface area contributed by atoms with Crippen molar-refractivity contribution in [2.24, 2.45) is 0 Å². The fourth-order valence-electron chi connectivity index (χ4n) is 4.74. The van der Waals surface area contributed by atoms with Crippen LogP contribution in [-0.4, -0.2) is 138 Å². The highest BCUT2D eigenvalue weighted by molar-refractivity contribution is 5.68. The minimum Gasteiger partial charge on any atom is -0.466 e. The van der Waals surface area contributed by atoms with Crippen LogP contribution in [0.2, 0.25) is 0 Å². The Hall–Kier alpha value is -5.83. The molecular weight excluding hydrogens is 1240 g/mol. The van der Waals surface area contributed by atoms with Crippen molar-refractivity contribution < 1.29 is 105 Å². The molecule has 0 bridgehead atoms. The van der Waals surface area contributed by atoms with Crippen LogP contribution in [0.25, 0.3) is 0 Å². The fraction of sp³-hybridized carbons (Fsp3) is 0.851. The number of esters is 11. The van der Waals surface area contributed by atoms with Crippen LogP contribution in [0.15, 0.2) is 0 Å². The molecule has 0 N–H and O–H groups in total. The zero-order valence-electron chi connectivity index (χ0n) is 68.4. The monoisotopic (exact) mass is 1400 g/mol. The molecule has 22 nitrogen and oxygen atoms in total. The van der Waals surface area contributed by atoms with E-state index in [1.54, 1.807) is 76.2 Å². The summed E-state index contributed by atoms with van der Waals surface area (Å²) in [5, 5.41) is 0. The zero-order valence-corrected chi connectivity index (χ0v) is 68.4. The first-order valence-corrected chi connectivity index (χ1v) is 35.5. The van der Waals surface area contributed by atoms with E-state index in [4.69, 9.17) is 0 Å². The second-order valence-electron chi connectivity index (χ2n) is 18.7. The van der Waals surface area contributed by atoms with E-state index in [1.807, 2.05) is 0 Å². The summed E-state index contributed by atoms with van der Waals surface area (Å²) in [7, 11) is 0. The average molecular weight is 1400 g/mol. The number of rotatable bonds is 26. The molecule has 586 valence electrons. The first-order valence-electron chi connectivity index (χ1n) is 35.5. The lowest BCUT2D eigenvalue weighted by atomic mass is 10.2. The molecule has 0 saturated carbocycles.